The molecule has 1 amide bonds. The SMILES string of the molecule is Cc1nc(CCNC(=O)c2ccn[nH]2)cs1. The molecule has 0 aromatic carbocycles. The van der Waals surface area contributed by atoms with Gasteiger partial charge < -0.3 is 5.32 Å². The summed E-state index contributed by atoms with van der Waals surface area (Å²) in [6, 6.07) is 1.64. The van der Waals surface area contributed by atoms with Crippen molar-refractivity contribution in [3.05, 3.63) is 34.0 Å². The number of carbonyl (C=O) groups is 1. The quantitative estimate of drug-likeness (QED) is 0.836. The Hall–Kier alpha value is -1.69. The van der Waals surface area contributed by atoms with Gasteiger partial charge in [0.15, 0.2) is 0 Å². The van der Waals surface area contributed by atoms with E-state index in [1.807, 2.05) is 12.3 Å². The lowest BCUT2D eigenvalue weighted by Gasteiger charge is -2.01. The van der Waals surface area contributed by atoms with Crippen molar-refractivity contribution < 1.29 is 4.79 Å². The molecule has 0 saturated heterocycles. The standard InChI is InChI=1S/C10H12N4OS/c1-7-13-8(6-16-7)2-4-11-10(15)9-3-5-12-14-9/h3,5-6H,2,4H2,1H3,(H,11,15)(H,12,14). The van der Waals surface area contributed by atoms with Crippen molar-refractivity contribution in [1.29, 1.82) is 0 Å². The first-order chi connectivity index (χ1) is 7.75. The molecule has 0 fully saturated rings. The lowest BCUT2D eigenvalue weighted by atomic mass is 10.3. The van der Waals surface area contributed by atoms with Gasteiger partial charge in [0.1, 0.15) is 5.69 Å². The highest BCUT2D eigenvalue weighted by Gasteiger charge is 2.05. The van der Waals surface area contributed by atoms with Crippen LogP contribution in [0.1, 0.15) is 21.2 Å². The van der Waals surface area contributed by atoms with Crippen molar-refractivity contribution in [3.63, 3.8) is 0 Å². The summed E-state index contributed by atoms with van der Waals surface area (Å²) >= 11 is 1.62. The molecule has 0 atom stereocenters. The van der Waals surface area contributed by atoms with Crippen molar-refractivity contribution in [2.24, 2.45) is 0 Å². The fourth-order valence-electron chi connectivity index (χ4n) is 1.30. The first kappa shape index (κ1) is 10.8. The molecule has 0 saturated carbocycles. The van der Waals surface area contributed by atoms with Gasteiger partial charge in [0, 0.05) is 24.5 Å². The average Bonchev–Trinajstić information content (AvgIpc) is 2.89. The van der Waals surface area contributed by atoms with Crippen LogP contribution in [0.25, 0.3) is 0 Å². The zero-order chi connectivity index (χ0) is 11.4. The van der Waals surface area contributed by atoms with Gasteiger partial charge in [-0.3, -0.25) is 9.89 Å². The van der Waals surface area contributed by atoms with Crippen molar-refractivity contribution >= 4 is 17.2 Å². The molecule has 0 aliphatic rings. The van der Waals surface area contributed by atoms with E-state index >= 15 is 0 Å². The summed E-state index contributed by atoms with van der Waals surface area (Å²) in [5.41, 5.74) is 1.50. The number of amides is 1. The van der Waals surface area contributed by atoms with Gasteiger partial charge in [-0.15, -0.1) is 11.3 Å². The van der Waals surface area contributed by atoms with E-state index in [9.17, 15) is 4.79 Å². The van der Waals surface area contributed by atoms with Gasteiger partial charge in [0.25, 0.3) is 5.91 Å². The fraction of sp³-hybridized carbons (Fsp3) is 0.300. The van der Waals surface area contributed by atoms with E-state index in [1.54, 1.807) is 23.6 Å². The number of nitrogens with one attached hydrogen (secondary N) is 2. The van der Waals surface area contributed by atoms with Gasteiger partial charge in [-0.1, -0.05) is 0 Å². The number of carbonyl (C=O) groups excluding carboxylic acids is 1. The largest absolute Gasteiger partial charge is 0.350 e. The maximum atomic E-state index is 11.5. The molecule has 0 aliphatic carbocycles. The number of H-pyrrole nitrogens is 1. The van der Waals surface area contributed by atoms with Gasteiger partial charge in [0.2, 0.25) is 0 Å². The predicted molar refractivity (Wildman–Crippen MR) is 61.5 cm³/mol. The lowest BCUT2D eigenvalue weighted by molar-refractivity contribution is 0.0949. The Morgan fingerprint density at radius 2 is 2.50 bits per heavy atom. The third kappa shape index (κ3) is 2.66. The highest BCUT2D eigenvalue weighted by atomic mass is 32.1. The molecule has 2 rings (SSSR count). The van der Waals surface area contributed by atoms with E-state index in [0.717, 1.165) is 17.1 Å². The Morgan fingerprint density at radius 3 is 3.12 bits per heavy atom. The van der Waals surface area contributed by atoms with E-state index in [1.165, 1.54) is 0 Å². The van der Waals surface area contributed by atoms with Gasteiger partial charge in [-0.05, 0) is 13.0 Å². The molecule has 2 heterocycles. The van der Waals surface area contributed by atoms with Crippen molar-refractivity contribution in [2.45, 2.75) is 13.3 Å². The summed E-state index contributed by atoms with van der Waals surface area (Å²) in [4.78, 5) is 15.8. The maximum Gasteiger partial charge on any atom is 0.269 e. The second kappa shape index (κ2) is 4.89. The number of aromatic amines is 1. The number of aryl methyl sites for hydroxylation is 1. The van der Waals surface area contributed by atoms with Crippen LogP contribution in [-0.4, -0.2) is 27.6 Å². The number of thiazole rings is 1. The number of rotatable bonds is 4. The second-order valence-corrected chi connectivity index (χ2v) is 4.40. The number of hydrogen-bond donors (Lipinski definition) is 2. The van der Waals surface area contributed by atoms with Crippen LogP contribution in [0, 0.1) is 6.92 Å². The van der Waals surface area contributed by atoms with E-state index in [4.69, 9.17) is 0 Å². The van der Waals surface area contributed by atoms with Gasteiger partial charge in [-0.2, -0.15) is 5.10 Å². The number of hydrogen-bond acceptors (Lipinski definition) is 4. The molecule has 0 spiro atoms. The van der Waals surface area contributed by atoms with Crippen LogP contribution in [0.2, 0.25) is 0 Å². The van der Waals surface area contributed by atoms with E-state index < -0.39 is 0 Å². The summed E-state index contributed by atoms with van der Waals surface area (Å²) < 4.78 is 0. The Morgan fingerprint density at radius 1 is 1.62 bits per heavy atom. The third-order valence-electron chi connectivity index (χ3n) is 2.08. The van der Waals surface area contributed by atoms with E-state index in [0.29, 0.717) is 12.2 Å². The minimum atomic E-state index is -0.135. The second-order valence-electron chi connectivity index (χ2n) is 3.33. The van der Waals surface area contributed by atoms with Crippen LogP contribution in [0.4, 0.5) is 0 Å². The molecule has 0 unspecified atom stereocenters. The molecule has 2 aromatic rings. The number of nitrogens with zero attached hydrogens (tertiary/aromatic N) is 2. The Labute approximate surface area is 96.9 Å². The zero-order valence-corrected chi connectivity index (χ0v) is 9.67. The molecular weight excluding hydrogens is 224 g/mol. The van der Waals surface area contributed by atoms with Crippen molar-refractivity contribution in [3.8, 4) is 0 Å². The Bertz CT molecular complexity index is 463. The maximum absolute atomic E-state index is 11.5. The van der Waals surface area contributed by atoms with Crippen molar-refractivity contribution in [1.82, 2.24) is 20.5 Å². The smallest absolute Gasteiger partial charge is 0.269 e. The summed E-state index contributed by atoms with van der Waals surface area (Å²) in [6.45, 7) is 2.55. The Balaban J connectivity index is 1.78. The summed E-state index contributed by atoms with van der Waals surface area (Å²) in [7, 11) is 0. The molecule has 0 aliphatic heterocycles. The zero-order valence-electron chi connectivity index (χ0n) is 8.86. The third-order valence-corrected chi connectivity index (χ3v) is 2.90. The monoisotopic (exact) mass is 236 g/mol. The summed E-state index contributed by atoms with van der Waals surface area (Å²) in [5.74, 6) is -0.135. The molecule has 2 aromatic heterocycles. The lowest BCUT2D eigenvalue weighted by Crippen LogP contribution is -2.26. The van der Waals surface area contributed by atoms with Crippen LogP contribution < -0.4 is 5.32 Å². The summed E-state index contributed by atoms with van der Waals surface area (Å²) in [5, 5.41) is 12.2. The molecule has 5 nitrogen and oxygen atoms in total. The normalized spacial score (nSPS) is 10.3. The molecule has 84 valence electrons. The highest BCUT2D eigenvalue weighted by molar-refractivity contribution is 7.09. The molecule has 0 bridgehead atoms. The van der Waals surface area contributed by atoms with Crippen LogP contribution in [-0.2, 0) is 6.42 Å². The Kier molecular flexibility index (Phi) is 3.31. The van der Waals surface area contributed by atoms with E-state index in [2.05, 4.69) is 20.5 Å². The minimum absolute atomic E-state index is 0.135. The topological polar surface area (TPSA) is 70.7 Å². The molecular formula is C10H12N4OS. The van der Waals surface area contributed by atoms with Gasteiger partial charge in [0.05, 0.1) is 10.7 Å². The molecule has 2 N–H and O–H groups in total. The molecule has 0 radical (unpaired) electrons. The summed E-state index contributed by atoms with van der Waals surface area (Å²) in [6.07, 6.45) is 2.31. The average molecular weight is 236 g/mol. The van der Waals surface area contributed by atoms with Crippen LogP contribution >= 0.6 is 11.3 Å². The van der Waals surface area contributed by atoms with Crippen LogP contribution in [0.5, 0.6) is 0 Å². The predicted octanol–water partition coefficient (Wildman–Crippen LogP) is 1.15. The highest BCUT2D eigenvalue weighted by Crippen LogP contribution is 2.07. The number of aromatic nitrogens is 3. The fourth-order valence-corrected chi connectivity index (χ4v) is 1.95. The first-order valence-electron chi connectivity index (χ1n) is 4.94. The van der Waals surface area contributed by atoms with Gasteiger partial charge >= 0.3 is 0 Å². The van der Waals surface area contributed by atoms with Crippen molar-refractivity contribution in [2.75, 3.05) is 6.54 Å². The van der Waals surface area contributed by atoms with Crippen LogP contribution in [0.3, 0.4) is 0 Å². The minimum Gasteiger partial charge on any atom is -0.350 e. The van der Waals surface area contributed by atoms with Gasteiger partial charge in [-0.25, -0.2) is 4.98 Å². The van der Waals surface area contributed by atoms with E-state index in [-0.39, 0.29) is 5.91 Å². The first-order valence-corrected chi connectivity index (χ1v) is 5.82. The van der Waals surface area contributed by atoms with Crippen LogP contribution in [0.15, 0.2) is 17.6 Å². The molecule has 16 heavy (non-hydrogen) atoms. The molecule has 6 heteroatoms.